The monoisotopic (exact) mass is 348 g/mol. The molecule has 128 valence electrons. The van der Waals surface area contributed by atoms with Crippen molar-refractivity contribution >= 4 is 15.9 Å². The van der Waals surface area contributed by atoms with Crippen molar-refractivity contribution in [1.82, 2.24) is 5.32 Å². The molecule has 0 spiro atoms. The predicted octanol–water partition coefficient (Wildman–Crippen LogP) is 1.88. The van der Waals surface area contributed by atoms with E-state index in [1.54, 1.807) is 0 Å². The summed E-state index contributed by atoms with van der Waals surface area (Å²) in [4.78, 5) is 12.3. The lowest BCUT2D eigenvalue weighted by Crippen LogP contribution is -2.28. The molecule has 0 fully saturated rings. The predicted molar refractivity (Wildman–Crippen MR) is 91.6 cm³/mol. The molecule has 0 aliphatic rings. The lowest BCUT2D eigenvalue weighted by atomic mass is 10.0. The molecule has 6 nitrogen and oxygen atoms in total. The van der Waals surface area contributed by atoms with Crippen LogP contribution < -0.4 is 15.2 Å². The fraction of sp³-hybridized carbons (Fsp3) is 0.235. The number of rotatable bonds is 6. The third-order valence-electron chi connectivity index (χ3n) is 3.68. The van der Waals surface area contributed by atoms with Gasteiger partial charge in [0.2, 0.25) is 10.0 Å². The van der Waals surface area contributed by atoms with Gasteiger partial charge in [-0.05, 0) is 29.7 Å². The Morgan fingerprint density at radius 2 is 1.88 bits per heavy atom. The van der Waals surface area contributed by atoms with Gasteiger partial charge in [0, 0.05) is 6.54 Å². The van der Waals surface area contributed by atoms with Gasteiger partial charge in [0.1, 0.15) is 5.75 Å². The Balaban J connectivity index is 2.17. The number of benzene rings is 2. The minimum atomic E-state index is -3.89. The molecular weight excluding hydrogens is 328 g/mol. The van der Waals surface area contributed by atoms with E-state index in [0.717, 1.165) is 5.56 Å². The number of nitrogens with one attached hydrogen (secondary N) is 1. The molecule has 0 aliphatic heterocycles. The molecular formula is C17H20N2O4S. The molecule has 3 N–H and O–H groups in total. The highest BCUT2D eigenvalue weighted by Crippen LogP contribution is 2.22. The van der Waals surface area contributed by atoms with E-state index in [2.05, 4.69) is 5.32 Å². The van der Waals surface area contributed by atoms with Crippen molar-refractivity contribution in [1.29, 1.82) is 0 Å². The SMILES string of the molecule is COc1ccc(S(N)(=O)=O)cc1C(=O)NC[C@@H](C)c1ccccc1. The zero-order valence-electron chi connectivity index (χ0n) is 13.5. The maximum Gasteiger partial charge on any atom is 0.255 e. The van der Waals surface area contributed by atoms with Crippen molar-refractivity contribution < 1.29 is 17.9 Å². The molecule has 1 amide bonds. The number of carbonyl (C=O) groups is 1. The smallest absolute Gasteiger partial charge is 0.255 e. The average Bonchev–Trinajstić information content (AvgIpc) is 2.58. The molecule has 0 saturated carbocycles. The summed E-state index contributed by atoms with van der Waals surface area (Å²) in [6.07, 6.45) is 0. The van der Waals surface area contributed by atoms with Crippen molar-refractivity contribution in [2.45, 2.75) is 17.7 Å². The van der Waals surface area contributed by atoms with Gasteiger partial charge in [0.05, 0.1) is 17.6 Å². The van der Waals surface area contributed by atoms with E-state index in [4.69, 9.17) is 9.88 Å². The summed E-state index contributed by atoms with van der Waals surface area (Å²) in [5.41, 5.74) is 1.23. The largest absolute Gasteiger partial charge is 0.496 e. The lowest BCUT2D eigenvalue weighted by Gasteiger charge is -2.14. The standard InChI is InChI=1S/C17H20N2O4S/c1-12(13-6-4-3-5-7-13)11-19-17(20)15-10-14(24(18,21)22)8-9-16(15)23-2/h3-10,12H,11H2,1-2H3,(H,19,20)(H2,18,21,22)/t12-/m1/s1. The van der Waals surface area contributed by atoms with Crippen LogP contribution in [0.25, 0.3) is 0 Å². The molecule has 0 bridgehead atoms. The van der Waals surface area contributed by atoms with Gasteiger partial charge < -0.3 is 10.1 Å². The quantitative estimate of drug-likeness (QED) is 0.832. The maximum atomic E-state index is 12.4. The van der Waals surface area contributed by atoms with Crippen LogP contribution in [0.1, 0.15) is 28.8 Å². The Bertz CT molecular complexity index is 820. The number of methoxy groups -OCH3 is 1. The summed E-state index contributed by atoms with van der Waals surface area (Å²) < 4.78 is 28.1. The molecule has 0 heterocycles. The second-order valence-electron chi connectivity index (χ2n) is 5.43. The highest BCUT2D eigenvalue weighted by atomic mass is 32.2. The normalized spacial score (nSPS) is 12.5. The molecule has 0 aliphatic carbocycles. The van der Waals surface area contributed by atoms with E-state index in [9.17, 15) is 13.2 Å². The first-order valence-electron chi connectivity index (χ1n) is 7.37. The number of ether oxygens (including phenoxy) is 1. The van der Waals surface area contributed by atoms with Gasteiger partial charge in [0.15, 0.2) is 0 Å². The van der Waals surface area contributed by atoms with Crippen LogP contribution in [-0.2, 0) is 10.0 Å². The van der Waals surface area contributed by atoms with Gasteiger partial charge in [-0.15, -0.1) is 0 Å². The summed E-state index contributed by atoms with van der Waals surface area (Å²) in [7, 11) is -2.48. The Morgan fingerprint density at radius 1 is 1.21 bits per heavy atom. The average molecular weight is 348 g/mol. The molecule has 1 atom stereocenters. The number of hydrogen-bond acceptors (Lipinski definition) is 4. The van der Waals surface area contributed by atoms with Crippen molar-refractivity contribution in [3.63, 3.8) is 0 Å². The highest BCUT2D eigenvalue weighted by Gasteiger charge is 2.18. The number of nitrogens with two attached hydrogens (primary N) is 1. The second-order valence-corrected chi connectivity index (χ2v) is 6.99. The number of hydrogen-bond donors (Lipinski definition) is 2. The summed E-state index contributed by atoms with van der Waals surface area (Å²) in [5, 5.41) is 7.91. The topological polar surface area (TPSA) is 98.5 Å². The van der Waals surface area contributed by atoms with E-state index < -0.39 is 15.9 Å². The van der Waals surface area contributed by atoms with Crippen LogP contribution in [0.2, 0.25) is 0 Å². The van der Waals surface area contributed by atoms with Crippen LogP contribution in [0.3, 0.4) is 0 Å². The minimum absolute atomic E-state index is 0.113. The Morgan fingerprint density at radius 3 is 2.46 bits per heavy atom. The van der Waals surface area contributed by atoms with Gasteiger partial charge in [-0.1, -0.05) is 37.3 Å². The number of primary sulfonamides is 1. The van der Waals surface area contributed by atoms with Gasteiger partial charge in [-0.2, -0.15) is 0 Å². The summed E-state index contributed by atoms with van der Waals surface area (Å²) in [6.45, 7) is 2.40. The van der Waals surface area contributed by atoms with Gasteiger partial charge in [0.25, 0.3) is 5.91 Å². The molecule has 24 heavy (non-hydrogen) atoms. The Kier molecular flexibility index (Phi) is 5.58. The van der Waals surface area contributed by atoms with Crippen molar-refractivity contribution in [3.05, 3.63) is 59.7 Å². The van der Waals surface area contributed by atoms with Gasteiger partial charge in [-0.25, -0.2) is 13.6 Å². The molecule has 0 radical (unpaired) electrons. The van der Waals surface area contributed by atoms with E-state index in [-0.39, 0.29) is 22.1 Å². The molecule has 0 unspecified atom stereocenters. The summed E-state index contributed by atoms with van der Waals surface area (Å²) >= 11 is 0. The van der Waals surface area contributed by atoms with Crippen LogP contribution in [0, 0.1) is 0 Å². The second kappa shape index (κ2) is 7.46. The van der Waals surface area contributed by atoms with Gasteiger partial charge >= 0.3 is 0 Å². The van der Waals surface area contributed by atoms with E-state index in [1.807, 2.05) is 37.3 Å². The first-order chi connectivity index (χ1) is 11.3. The fourth-order valence-corrected chi connectivity index (χ4v) is 2.82. The first kappa shape index (κ1) is 18.0. The van der Waals surface area contributed by atoms with E-state index >= 15 is 0 Å². The summed E-state index contributed by atoms with van der Waals surface area (Å²) in [6, 6.07) is 13.7. The molecule has 2 aromatic rings. The minimum Gasteiger partial charge on any atom is -0.496 e. The first-order valence-corrected chi connectivity index (χ1v) is 8.91. The van der Waals surface area contributed by atoms with E-state index in [1.165, 1.54) is 25.3 Å². The number of carbonyl (C=O) groups excluding carboxylic acids is 1. The number of sulfonamides is 1. The van der Waals surface area contributed by atoms with Gasteiger partial charge in [-0.3, -0.25) is 4.79 Å². The molecule has 7 heteroatoms. The van der Waals surface area contributed by atoms with Crippen LogP contribution in [-0.4, -0.2) is 28.0 Å². The fourth-order valence-electron chi connectivity index (χ4n) is 2.28. The number of amides is 1. The van der Waals surface area contributed by atoms with Crippen LogP contribution in [0.4, 0.5) is 0 Å². The summed E-state index contributed by atoms with van der Waals surface area (Å²) in [5.74, 6) is -0.0186. The Labute approximate surface area is 141 Å². The maximum absolute atomic E-state index is 12.4. The van der Waals surface area contributed by atoms with Crippen LogP contribution >= 0.6 is 0 Å². The van der Waals surface area contributed by atoms with E-state index in [0.29, 0.717) is 6.54 Å². The molecule has 2 rings (SSSR count). The molecule has 2 aromatic carbocycles. The third kappa shape index (κ3) is 4.33. The van der Waals surface area contributed by atoms with Crippen molar-refractivity contribution in [3.8, 4) is 5.75 Å². The zero-order valence-corrected chi connectivity index (χ0v) is 14.3. The molecule has 0 aromatic heterocycles. The van der Waals surface area contributed by atoms with Crippen molar-refractivity contribution in [2.75, 3.05) is 13.7 Å². The lowest BCUT2D eigenvalue weighted by molar-refractivity contribution is 0.0948. The zero-order chi connectivity index (χ0) is 17.7. The molecule has 0 saturated heterocycles. The third-order valence-corrected chi connectivity index (χ3v) is 4.59. The highest BCUT2D eigenvalue weighted by molar-refractivity contribution is 7.89. The van der Waals surface area contributed by atoms with Crippen molar-refractivity contribution in [2.24, 2.45) is 5.14 Å². The Hall–Kier alpha value is -2.38. The van der Waals surface area contributed by atoms with Crippen LogP contribution in [0.15, 0.2) is 53.4 Å². The van der Waals surface area contributed by atoms with Crippen LogP contribution in [0.5, 0.6) is 5.75 Å².